The molecule has 0 saturated carbocycles. The van der Waals surface area contributed by atoms with Crippen molar-refractivity contribution >= 4 is 0 Å². The van der Waals surface area contributed by atoms with E-state index in [1.165, 1.54) is 0 Å². The summed E-state index contributed by atoms with van der Waals surface area (Å²) in [5.41, 5.74) is 0.245. The lowest BCUT2D eigenvalue weighted by Crippen LogP contribution is -2.56. The molecule has 1 heterocycles. The maximum absolute atomic E-state index is 10.1. The SMILES string of the molecule is CCOc1cccc(C2(O)CNC2)c1. The molecule has 0 bridgehead atoms. The highest BCUT2D eigenvalue weighted by Gasteiger charge is 2.36. The number of rotatable bonds is 3. The minimum atomic E-state index is -0.687. The van der Waals surface area contributed by atoms with Gasteiger partial charge in [0.1, 0.15) is 11.4 Å². The van der Waals surface area contributed by atoms with E-state index < -0.39 is 5.60 Å². The number of ether oxygens (including phenoxy) is 1. The second-order valence-corrected chi connectivity index (χ2v) is 3.60. The largest absolute Gasteiger partial charge is 0.494 e. The maximum atomic E-state index is 10.1. The van der Waals surface area contributed by atoms with Crippen molar-refractivity contribution in [3.8, 4) is 5.75 Å². The van der Waals surface area contributed by atoms with Gasteiger partial charge in [-0.25, -0.2) is 0 Å². The van der Waals surface area contributed by atoms with Gasteiger partial charge in [-0.2, -0.15) is 0 Å². The van der Waals surface area contributed by atoms with Gasteiger partial charge in [-0.05, 0) is 24.6 Å². The average molecular weight is 193 g/mol. The maximum Gasteiger partial charge on any atom is 0.119 e. The van der Waals surface area contributed by atoms with Crippen molar-refractivity contribution in [2.75, 3.05) is 19.7 Å². The summed E-state index contributed by atoms with van der Waals surface area (Å²) in [5, 5.41) is 13.1. The molecule has 0 aromatic heterocycles. The number of hydrogen-bond donors (Lipinski definition) is 2. The van der Waals surface area contributed by atoms with Crippen LogP contribution in [0.5, 0.6) is 5.75 Å². The van der Waals surface area contributed by atoms with Gasteiger partial charge in [0.05, 0.1) is 6.61 Å². The molecule has 1 aromatic carbocycles. The Morgan fingerprint density at radius 3 is 2.86 bits per heavy atom. The molecule has 0 atom stereocenters. The molecule has 3 heteroatoms. The Morgan fingerprint density at radius 1 is 1.50 bits per heavy atom. The second-order valence-electron chi connectivity index (χ2n) is 3.60. The van der Waals surface area contributed by atoms with Gasteiger partial charge < -0.3 is 15.2 Å². The highest BCUT2D eigenvalue weighted by Crippen LogP contribution is 2.27. The van der Waals surface area contributed by atoms with Crippen LogP contribution in [0.4, 0.5) is 0 Å². The zero-order valence-corrected chi connectivity index (χ0v) is 8.29. The summed E-state index contributed by atoms with van der Waals surface area (Å²) in [5.74, 6) is 0.824. The Balaban J connectivity index is 2.21. The van der Waals surface area contributed by atoms with Crippen LogP contribution >= 0.6 is 0 Å². The van der Waals surface area contributed by atoms with E-state index >= 15 is 0 Å². The van der Waals surface area contributed by atoms with E-state index in [4.69, 9.17) is 4.74 Å². The van der Waals surface area contributed by atoms with Crippen molar-refractivity contribution in [3.05, 3.63) is 29.8 Å². The van der Waals surface area contributed by atoms with Gasteiger partial charge in [0.15, 0.2) is 0 Å². The molecular weight excluding hydrogens is 178 g/mol. The van der Waals surface area contributed by atoms with Gasteiger partial charge >= 0.3 is 0 Å². The summed E-state index contributed by atoms with van der Waals surface area (Å²) in [7, 11) is 0. The normalized spacial score (nSPS) is 18.7. The average Bonchev–Trinajstić information content (AvgIpc) is 2.15. The predicted octanol–water partition coefficient (Wildman–Crippen LogP) is 0.876. The lowest BCUT2D eigenvalue weighted by atomic mass is 9.88. The summed E-state index contributed by atoms with van der Waals surface area (Å²) in [6, 6.07) is 7.66. The molecule has 0 amide bonds. The molecule has 3 nitrogen and oxygen atoms in total. The third-order valence-corrected chi connectivity index (χ3v) is 2.52. The minimum Gasteiger partial charge on any atom is -0.494 e. The standard InChI is InChI=1S/C11H15NO2/c1-2-14-10-5-3-4-9(6-10)11(13)7-12-8-11/h3-6,12-13H,2,7-8H2,1H3. The van der Waals surface area contributed by atoms with Crippen LogP contribution in [0.2, 0.25) is 0 Å². The fraction of sp³-hybridized carbons (Fsp3) is 0.455. The van der Waals surface area contributed by atoms with Crippen LogP contribution in [0.15, 0.2) is 24.3 Å². The molecule has 1 aliphatic heterocycles. The van der Waals surface area contributed by atoms with Crippen LogP contribution < -0.4 is 10.1 Å². The molecule has 2 rings (SSSR count). The van der Waals surface area contributed by atoms with Crippen LogP contribution in [0.25, 0.3) is 0 Å². The monoisotopic (exact) mass is 193 g/mol. The van der Waals surface area contributed by atoms with Crippen LogP contribution in [0, 0.1) is 0 Å². The topological polar surface area (TPSA) is 41.5 Å². The first kappa shape index (κ1) is 9.49. The second kappa shape index (κ2) is 3.59. The smallest absolute Gasteiger partial charge is 0.119 e. The quantitative estimate of drug-likeness (QED) is 0.748. The molecule has 0 unspecified atom stereocenters. The first-order chi connectivity index (χ1) is 6.74. The van der Waals surface area contributed by atoms with Crippen molar-refractivity contribution < 1.29 is 9.84 Å². The first-order valence-electron chi connectivity index (χ1n) is 4.91. The zero-order chi connectivity index (χ0) is 10.0. The van der Waals surface area contributed by atoms with Crippen molar-refractivity contribution in [3.63, 3.8) is 0 Å². The van der Waals surface area contributed by atoms with E-state index in [1.54, 1.807) is 0 Å². The molecule has 1 aromatic rings. The van der Waals surface area contributed by atoms with E-state index in [0.29, 0.717) is 19.7 Å². The number of nitrogens with one attached hydrogen (secondary N) is 1. The lowest BCUT2D eigenvalue weighted by Gasteiger charge is -2.38. The fourth-order valence-electron chi connectivity index (χ4n) is 1.61. The summed E-state index contributed by atoms with van der Waals surface area (Å²) >= 11 is 0. The van der Waals surface area contributed by atoms with Crippen LogP contribution in [-0.2, 0) is 5.60 Å². The number of benzene rings is 1. The molecule has 1 aliphatic rings. The van der Waals surface area contributed by atoms with Crippen LogP contribution in [0.1, 0.15) is 12.5 Å². The van der Waals surface area contributed by atoms with Gasteiger partial charge in [0.25, 0.3) is 0 Å². The molecule has 0 spiro atoms. The molecule has 0 radical (unpaired) electrons. The summed E-state index contributed by atoms with van der Waals surface area (Å²) < 4.78 is 5.38. The van der Waals surface area contributed by atoms with Gasteiger partial charge in [-0.3, -0.25) is 0 Å². The molecular formula is C11H15NO2. The highest BCUT2D eigenvalue weighted by molar-refractivity contribution is 5.34. The van der Waals surface area contributed by atoms with Crippen molar-refractivity contribution in [2.24, 2.45) is 0 Å². The van der Waals surface area contributed by atoms with E-state index in [1.807, 2.05) is 31.2 Å². The number of β-amino-alcohol motifs (C(OH)–C–C–N with tert-alkyl or cyclic N) is 1. The van der Waals surface area contributed by atoms with Crippen molar-refractivity contribution in [1.29, 1.82) is 0 Å². The van der Waals surface area contributed by atoms with Crippen LogP contribution in [-0.4, -0.2) is 24.8 Å². The van der Waals surface area contributed by atoms with Gasteiger partial charge in [0.2, 0.25) is 0 Å². The molecule has 0 aliphatic carbocycles. The van der Waals surface area contributed by atoms with Gasteiger partial charge in [-0.15, -0.1) is 0 Å². The van der Waals surface area contributed by atoms with E-state index in [-0.39, 0.29) is 0 Å². The van der Waals surface area contributed by atoms with E-state index in [2.05, 4.69) is 5.32 Å². The first-order valence-corrected chi connectivity index (χ1v) is 4.91. The number of hydrogen-bond acceptors (Lipinski definition) is 3. The number of aliphatic hydroxyl groups is 1. The van der Waals surface area contributed by atoms with Gasteiger partial charge in [0, 0.05) is 13.1 Å². The predicted molar refractivity (Wildman–Crippen MR) is 54.4 cm³/mol. The summed E-state index contributed by atoms with van der Waals surface area (Å²) in [4.78, 5) is 0. The summed E-state index contributed by atoms with van der Waals surface area (Å²) in [6.07, 6.45) is 0. The van der Waals surface area contributed by atoms with Crippen LogP contribution in [0.3, 0.4) is 0 Å². The molecule has 1 fully saturated rings. The Labute approximate surface area is 83.7 Å². The Hall–Kier alpha value is -1.06. The van der Waals surface area contributed by atoms with Gasteiger partial charge in [-0.1, -0.05) is 12.1 Å². The minimum absolute atomic E-state index is 0.628. The highest BCUT2D eigenvalue weighted by atomic mass is 16.5. The third-order valence-electron chi connectivity index (χ3n) is 2.52. The molecule has 1 saturated heterocycles. The fourth-order valence-corrected chi connectivity index (χ4v) is 1.61. The zero-order valence-electron chi connectivity index (χ0n) is 8.29. The van der Waals surface area contributed by atoms with E-state index in [9.17, 15) is 5.11 Å². The molecule has 2 N–H and O–H groups in total. The van der Waals surface area contributed by atoms with E-state index in [0.717, 1.165) is 11.3 Å². The third kappa shape index (κ3) is 1.61. The molecule has 14 heavy (non-hydrogen) atoms. The lowest BCUT2D eigenvalue weighted by molar-refractivity contribution is -0.0148. The Morgan fingerprint density at radius 2 is 2.29 bits per heavy atom. The Kier molecular flexibility index (Phi) is 2.44. The molecule has 76 valence electrons. The Bertz CT molecular complexity index is 321. The summed E-state index contributed by atoms with van der Waals surface area (Å²) in [6.45, 7) is 3.86. The van der Waals surface area contributed by atoms with Crippen molar-refractivity contribution in [1.82, 2.24) is 5.32 Å². The van der Waals surface area contributed by atoms with Crippen molar-refractivity contribution in [2.45, 2.75) is 12.5 Å².